The molecule has 2 aromatic rings. The highest BCUT2D eigenvalue weighted by molar-refractivity contribution is 6.34. The Morgan fingerprint density at radius 3 is 2.74 bits per heavy atom. The van der Waals surface area contributed by atoms with Crippen molar-refractivity contribution in [3.05, 3.63) is 64.2 Å². The van der Waals surface area contributed by atoms with Crippen LogP contribution in [0.15, 0.2) is 47.6 Å². The van der Waals surface area contributed by atoms with Gasteiger partial charge < -0.3 is 9.64 Å². The van der Waals surface area contributed by atoms with E-state index in [2.05, 4.69) is 43.2 Å². The molecule has 3 heterocycles. The molecule has 0 aliphatic carbocycles. The first kappa shape index (κ1) is 17.1. The van der Waals surface area contributed by atoms with Gasteiger partial charge in [0.2, 0.25) is 5.72 Å². The van der Waals surface area contributed by atoms with Crippen LogP contribution in [0.3, 0.4) is 0 Å². The Hall–Kier alpha value is -2.04. The summed E-state index contributed by atoms with van der Waals surface area (Å²) in [7, 11) is 2.26. The number of fused-ring (bicyclic) bond motifs is 4. The third-order valence-corrected chi connectivity index (χ3v) is 6.55. The zero-order chi connectivity index (χ0) is 18.6. The van der Waals surface area contributed by atoms with Crippen LogP contribution in [0.25, 0.3) is 0 Å². The quantitative estimate of drug-likeness (QED) is 0.820. The molecule has 1 spiro atoms. The second-order valence-electron chi connectivity index (χ2n) is 8.14. The molecule has 27 heavy (non-hydrogen) atoms. The van der Waals surface area contributed by atoms with E-state index in [-0.39, 0.29) is 11.8 Å². The molecule has 1 atom stereocenters. The first-order valence-electron chi connectivity index (χ1n) is 9.78. The van der Waals surface area contributed by atoms with Gasteiger partial charge in [-0.25, -0.2) is 5.01 Å². The molecule has 0 bridgehead atoms. The number of benzene rings is 2. The number of quaternary nitrogens is 1. The van der Waals surface area contributed by atoms with Gasteiger partial charge in [0.25, 0.3) is 0 Å². The lowest BCUT2D eigenvalue weighted by Gasteiger charge is -2.49. The van der Waals surface area contributed by atoms with E-state index in [4.69, 9.17) is 21.4 Å². The molecule has 0 aromatic heterocycles. The van der Waals surface area contributed by atoms with E-state index in [1.807, 2.05) is 18.2 Å². The fraction of sp³-hybridized carbons (Fsp3) is 0.409. The number of halogens is 1. The van der Waals surface area contributed by atoms with Crippen LogP contribution in [0.4, 0.5) is 0 Å². The van der Waals surface area contributed by atoms with Crippen LogP contribution in [0, 0.1) is 6.92 Å². The Balaban J connectivity index is 1.61. The first-order chi connectivity index (χ1) is 13.1. The maximum atomic E-state index is 6.66. The highest BCUT2D eigenvalue weighted by Gasteiger charge is 2.52. The second kappa shape index (κ2) is 6.25. The predicted octanol–water partition coefficient (Wildman–Crippen LogP) is 3.20. The maximum Gasteiger partial charge on any atom is 0.208 e. The minimum absolute atomic E-state index is 0.221. The molecule has 5 rings (SSSR count). The Labute approximate surface area is 165 Å². The topological polar surface area (TPSA) is 29.3 Å². The molecular weight excluding hydrogens is 358 g/mol. The third-order valence-electron chi connectivity index (χ3n) is 6.22. The van der Waals surface area contributed by atoms with Gasteiger partial charge in [0.15, 0.2) is 0 Å². The van der Waals surface area contributed by atoms with Gasteiger partial charge in [0.05, 0.1) is 44.7 Å². The number of hydrogen-bond donors (Lipinski definition) is 1. The summed E-state index contributed by atoms with van der Waals surface area (Å²) in [5.74, 6) is 1.03. The number of aryl methyl sites for hydroxylation is 1. The number of rotatable bonds is 1. The lowest BCUT2D eigenvalue weighted by molar-refractivity contribution is -0.888. The molecule has 1 N–H and O–H groups in total. The average molecular weight is 383 g/mol. The SMILES string of the molecule is Cc1ccc2c(c1)[C@@H]1CC(c3ccccc3Cl)=NN1C1(CC[NH+](C)CC1)O2. The normalized spacial score (nSPS) is 29.1. The van der Waals surface area contributed by atoms with Crippen molar-refractivity contribution in [1.29, 1.82) is 0 Å². The van der Waals surface area contributed by atoms with Crippen molar-refractivity contribution in [3.8, 4) is 5.75 Å². The van der Waals surface area contributed by atoms with E-state index < -0.39 is 0 Å². The summed E-state index contributed by atoms with van der Waals surface area (Å²) in [6.07, 6.45) is 2.85. The van der Waals surface area contributed by atoms with Crippen molar-refractivity contribution < 1.29 is 9.64 Å². The summed E-state index contributed by atoms with van der Waals surface area (Å²) >= 11 is 6.49. The van der Waals surface area contributed by atoms with E-state index in [0.29, 0.717) is 0 Å². The van der Waals surface area contributed by atoms with Gasteiger partial charge in [0.1, 0.15) is 5.75 Å². The minimum atomic E-state index is -0.338. The predicted molar refractivity (Wildman–Crippen MR) is 108 cm³/mol. The smallest absolute Gasteiger partial charge is 0.208 e. The van der Waals surface area contributed by atoms with Gasteiger partial charge in [-0.15, -0.1) is 0 Å². The number of likely N-dealkylation sites (tertiary alicyclic amines) is 1. The number of hydrazone groups is 1. The van der Waals surface area contributed by atoms with E-state index in [9.17, 15) is 0 Å². The molecule has 0 radical (unpaired) electrons. The number of piperidine rings is 1. The Kier molecular flexibility index (Phi) is 3.95. The van der Waals surface area contributed by atoms with Gasteiger partial charge in [0, 0.05) is 22.6 Å². The molecule has 0 unspecified atom stereocenters. The standard InChI is InChI=1S/C22H24ClN3O/c1-15-7-8-21-17(13-15)20-14-19(16-5-3-4-6-18(16)23)24-26(20)22(27-21)9-11-25(2)12-10-22/h3-8,13,20H,9-12,14H2,1-2H3/p+1/t20-/m0/s1. The zero-order valence-corrected chi connectivity index (χ0v) is 16.6. The monoisotopic (exact) mass is 382 g/mol. The van der Waals surface area contributed by atoms with Crippen LogP contribution in [-0.4, -0.2) is 36.6 Å². The Morgan fingerprint density at radius 2 is 1.96 bits per heavy atom. The van der Waals surface area contributed by atoms with Crippen molar-refractivity contribution in [3.63, 3.8) is 0 Å². The van der Waals surface area contributed by atoms with Gasteiger partial charge in [-0.3, -0.25) is 0 Å². The van der Waals surface area contributed by atoms with Gasteiger partial charge in [-0.1, -0.05) is 47.5 Å². The van der Waals surface area contributed by atoms with Crippen LogP contribution >= 0.6 is 11.6 Å². The van der Waals surface area contributed by atoms with Crippen molar-refractivity contribution in [2.75, 3.05) is 20.1 Å². The second-order valence-corrected chi connectivity index (χ2v) is 8.54. The molecule has 3 aliphatic rings. The Morgan fingerprint density at radius 1 is 1.19 bits per heavy atom. The Bertz CT molecular complexity index is 918. The molecule has 4 nitrogen and oxygen atoms in total. The maximum absolute atomic E-state index is 6.66. The summed E-state index contributed by atoms with van der Waals surface area (Å²) in [5, 5.41) is 8.13. The fourth-order valence-electron chi connectivity index (χ4n) is 4.66. The van der Waals surface area contributed by atoms with Crippen LogP contribution in [0.1, 0.15) is 42.0 Å². The first-order valence-corrected chi connectivity index (χ1v) is 10.2. The van der Waals surface area contributed by atoms with Crippen LogP contribution in [-0.2, 0) is 0 Å². The minimum Gasteiger partial charge on any atom is -0.466 e. The number of hydrogen-bond acceptors (Lipinski definition) is 3. The largest absolute Gasteiger partial charge is 0.466 e. The molecule has 0 amide bonds. The molecular formula is C22H25ClN3O+. The number of ether oxygens (including phenoxy) is 1. The zero-order valence-electron chi connectivity index (χ0n) is 15.8. The van der Waals surface area contributed by atoms with Gasteiger partial charge in [-0.05, 0) is 19.1 Å². The molecule has 1 fully saturated rings. The van der Waals surface area contributed by atoms with Crippen LogP contribution in [0.2, 0.25) is 5.02 Å². The summed E-state index contributed by atoms with van der Waals surface area (Å²) in [5.41, 5.74) is 4.27. The van der Waals surface area contributed by atoms with E-state index >= 15 is 0 Å². The molecule has 3 aliphatic heterocycles. The van der Waals surface area contributed by atoms with Crippen LogP contribution in [0.5, 0.6) is 5.75 Å². The molecule has 1 saturated heterocycles. The average Bonchev–Trinajstić information content (AvgIpc) is 3.12. The summed E-state index contributed by atoms with van der Waals surface area (Å²) in [6.45, 7) is 4.33. The molecule has 140 valence electrons. The third kappa shape index (κ3) is 2.74. The van der Waals surface area contributed by atoms with E-state index in [0.717, 1.165) is 54.4 Å². The lowest BCUT2D eigenvalue weighted by Crippen LogP contribution is -3.11. The molecule has 5 heteroatoms. The number of nitrogens with one attached hydrogen (secondary N) is 1. The van der Waals surface area contributed by atoms with Crippen molar-refractivity contribution in [1.82, 2.24) is 5.01 Å². The lowest BCUT2D eigenvalue weighted by atomic mass is 9.90. The van der Waals surface area contributed by atoms with Crippen LogP contribution < -0.4 is 9.64 Å². The molecule has 0 saturated carbocycles. The van der Waals surface area contributed by atoms with E-state index in [1.54, 1.807) is 4.90 Å². The summed E-state index contributed by atoms with van der Waals surface area (Å²) < 4.78 is 6.66. The van der Waals surface area contributed by atoms with E-state index in [1.165, 1.54) is 11.1 Å². The fourth-order valence-corrected chi connectivity index (χ4v) is 4.90. The van der Waals surface area contributed by atoms with Crippen molar-refractivity contribution >= 4 is 17.3 Å². The highest BCUT2D eigenvalue weighted by atomic mass is 35.5. The van der Waals surface area contributed by atoms with Gasteiger partial charge >= 0.3 is 0 Å². The number of nitrogens with zero attached hydrogens (tertiary/aromatic N) is 2. The summed E-state index contributed by atoms with van der Waals surface area (Å²) in [6, 6.07) is 14.8. The highest BCUT2D eigenvalue weighted by Crippen LogP contribution is 2.49. The van der Waals surface area contributed by atoms with Crippen molar-refractivity contribution in [2.24, 2.45) is 5.10 Å². The molecule has 2 aromatic carbocycles. The summed E-state index contributed by atoms with van der Waals surface area (Å²) in [4.78, 5) is 1.56. The van der Waals surface area contributed by atoms with Crippen molar-refractivity contribution in [2.45, 2.75) is 38.0 Å². The van der Waals surface area contributed by atoms with Gasteiger partial charge in [-0.2, -0.15) is 5.10 Å².